The maximum Gasteiger partial charge on any atom is 0.410 e. The van der Waals surface area contributed by atoms with Crippen LogP contribution in [0.4, 0.5) is 4.79 Å². The van der Waals surface area contributed by atoms with Crippen molar-refractivity contribution in [1.82, 2.24) is 4.90 Å². The number of aliphatic carboxylic acids is 1. The number of carboxylic acids is 1. The number of carboxylic acid groups (broad SMARTS) is 1. The summed E-state index contributed by atoms with van der Waals surface area (Å²) in [6.45, 7) is 9.73. The lowest BCUT2D eigenvalue weighted by Gasteiger charge is -2.30. The molecule has 0 radical (unpaired) electrons. The van der Waals surface area contributed by atoms with Gasteiger partial charge in [0.25, 0.3) is 0 Å². The van der Waals surface area contributed by atoms with E-state index in [1.54, 1.807) is 4.90 Å². The van der Waals surface area contributed by atoms with Crippen LogP contribution in [0, 0.1) is 11.8 Å². The van der Waals surface area contributed by atoms with E-state index in [1.165, 1.54) is 0 Å². The van der Waals surface area contributed by atoms with Gasteiger partial charge in [-0.15, -0.1) is 0 Å². The SMILES string of the molecule is CC(C)N(CC1CC1C(=O)O)C(=O)OC(C)(C)C. The van der Waals surface area contributed by atoms with Crippen molar-refractivity contribution in [2.75, 3.05) is 6.54 Å². The van der Waals surface area contributed by atoms with Crippen molar-refractivity contribution in [2.45, 2.75) is 52.7 Å². The van der Waals surface area contributed by atoms with Crippen molar-refractivity contribution >= 4 is 12.1 Å². The quantitative estimate of drug-likeness (QED) is 0.839. The van der Waals surface area contributed by atoms with E-state index in [4.69, 9.17) is 9.84 Å². The van der Waals surface area contributed by atoms with Gasteiger partial charge < -0.3 is 14.7 Å². The summed E-state index contributed by atoms with van der Waals surface area (Å²) in [5, 5.41) is 8.87. The van der Waals surface area contributed by atoms with Crippen LogP contribution in [0.5, 0.6) is 0 Å². The summed E-state index contributed by atoms with van der Waals surface area (Å²) < 4.78 is 5.33. The van der Waals surface area contributed by atoms with Crippen molar-refractivity contribution < 1.29 is 19.4 Å². The van der Waals surface area contributed by atoms with Crippen molar-refractivity contribution in [2.24, 2.45) is 11.8 Å². The second kappa shape index (κ2) is 5.16. The number of ether oxygens (including phenoxy) is 1. The minimum Gasteiger partial charge on any atom is -0.481 e. The Balaban J connectivity index is 2.56. The van der Waals surface area contributed by atoms with Crippen LogP contribution >= 0.6 is 0 Å². The third-order valence-electron chi connectivity index (χ3n) is 2.92. The Hall–Kier alpha value is -1.26. The Labute approximate surface area is 108 Å². The Morgan fingerprint density at radius 3 is 2.28 bits per heavy atom. The van der Waals surface area contributed by atoms with Crippen molar-refractivity contribution in [3.05, 3.63) is 0 Å². The molecule has 0 spiro atoms. The molecule has 1 aliphatic rings. The molecule has 0 saturated heterocycles. The zero-order valence-corrected chi connectivity index (χ0v) is 11.8. The molecule has 2 unspecified atom stereocenters. The summed E-state index contributed by atoms with van der Waals surface area (Å²) >= 11 is 0. The van der Waals surface area contributed by atoms with Gasteiger partial charge in [0, 0.05) is 12.6 Å². The van der Waals surface area contributed by atoms with Crippen LogP contribution in [0.25, 0.3) is 0 Å². The number of rotatable bonds is 4. The Bertz CT molecular complexity index is 332. The molecule has 5 heteroatoms. The van der Waals surface area contributed by atoms with E-state index in [-0.39, 0.29) is 24.0 Å². The average molecular weight is 257 g/mol. The molecule has 1 rings (SSSR count). The fourth-order valence-electron chi connectivity index (χ4n) is 1.82. The molecule has 0 aliphatic heterocycles. The number of nitrogens with zero attached hydrogens (tertiary/aromatic N) is 1. The van der Waals surface area contributed by atoms with Gasteiger partial charge in [0.05, 0.1) is 5.92 Å². The second-order valence-corrected chi connectivity index (χ2v) is 6.17. The number of hydrogen-bond donors (Lipinski definition) is 1. The molecule has 18 heavy (non-hydrogen) atoms. The van der Waals surface area contributed by atoms with Crippen LogP contribution < -0.4 is 0 Å². The second-order valence-electron chi connectivity index (χ2n) is 6.17. The first kappa shape index (κ1) is 14.8. The van der Waals surface area contributed by atoms with E-state index in [1.807, 2.05) is 34.6 Å². The van der Waals surface area contributed by atoms with E-state index >= 15 is 0 Å². The largest absolute Gasteiger partial charge is 0.481 e. The van der Waals surface area contributed by atoms with E-state index in [9.17, 15) is 9.59 Å². The lowest BCUT2D eigenvalue weighted by atomic mass is 10.2. The van der Waals surface area contributed by atoms with Gasteiger partial charge in [0.2, 0.25) is 0 Å². The topological polar surface area (TPSA) is 66.8 Å². The van der Waals surface area contributed by atoms with Crippen molar-refractivity contribution in [1.29, 1.82) is 0 Å². The molecule has 1 amide bonds. The zero-order valence-electron chi connectivity index (χ0n) is 11.8. The normalized spacial score (nSPS) is 22.8. The zero-order chi connectivity index (χ0) is 14.1. The summed E-state index contributed by atoms with van der Waals surface area (Å²) in [5.74, 6) is -1.00. The smallest absolute Gasteiger partial charge is 0.410 e. The highest BCUT2D eigenvalue weighted by Gasteiger charge is 2.45. The molecule has 1 saturated carbocycles. The van der Waals surface area contributed by atoms with Crippen LogP contribution in [0.3, 0.4) is 0 Å². The molecule has 1 aliphatic carbocycles. The van der Waals surface area contributed by atoms with Gasteiger partial charge in [-0.1, -0.05) is 0 Å². The summed E-state index contributed by atoms with van der Waals surface area (Å²) in [7, 11) is 0. The molecular formula is C13H23NO4. The van der Waals surface area contributed by atoms with Crippen LogP contribution in [-0.2, 0) is 9.53 Å². The van der Waals surface area contributed by atoms with Crippen molar-refractivity contribution in [3.63, 3.8) is 0 Å². The Morgan fingerprint density at radius 2 is 1.94 bits per heavy atom. The maximum absolute atomic E-state index is 12.0. The predicted octanol–water partition coefficient (Wildman–Crippen LogP) is 2.35. The Morgan fingerprint density at radius 1 is 1.39 bits per heavy atom. The van der Waals surface area contributed by atoms with Crippen molar-refractivity contribution in [3.8, 4) is 0 Å². The summed E-state index contributed by atoms with van der Waals surface area (Å²) in [4.78, 5) is 24.4. The average Bonchev–Trinajstić information content (AvgIpc) is 2.89. The van der Waals surface area contributed by atoms with Crippen LogP contribution in [0.1, 0.15) is 41.0 Å². The number of carbonyl (C=O) groups excluding carboxylic acids is 1. The number of hydrogen-bond acceptors (Lipinski definition) is 3. The van der Waals surface area contributed by atoms with Gasteiger partial charge >= 0.3 is 12.1 Å². The molecule has 0 heterocycles. The summed E-state index contributed by atoms with van der Waals surface area (Å²) in [5.41, 5.74) is -0.528. The molecular weight excluding hydrogens is 234 g/mol. The molecule has 1 N–H and O–H groups in total. The summed E-state index contributed by atoms with van der Waals surface area (Å²) in [6.07, 6.45) is 0.287. The predicted molar refractivity (Wildman–Crippen MR) is 67.3 cm³/mol. The first-order valence-electron chi connectivity index (χ1n) is 6.34. The molecule has 0 bridgehead atoms. The molecule has 0 aromatic rings. The molecule has 0 aromatic heterocycles. The highest BCUT2D eigenvalue weighted by molar-refractivity contribution is 5.74. The first-order chi connectivity index (χ1) is 8.11. The lowest BCUT2D eigenvalue weighted by molar-refractivity contribution is -0.138. The fourth-order valence-corrected chi connectivity index (χ4v) is 1.82. The lowest BCUT2D eigenvalue weighted by Crippen LogP contribution is -2.42. The highest BCUT2D eigenvalue weighted by atomic mass is 16.6. The van der Waals surface area contributed by atoms with Crippen LogP contribution in [0.15, 0.2) is 0 Å². The third kappa shape index (κ3) is 4.20. The third-order valence-corrected chi connectivity index (χ3v) is 2.92. The standard InChI is InChI=1S/C13H23NO4/c1-8(2)14(12(17)18-13(3,4)5)7-9-6-10(9)11(15)16/h8-10H,6-7H2,1-5H3,(H,15,16). The van der Waals surface area contributed by atoms with E-state index in [2.05, 4.69) is 0 Å². The van der Waals surface area contributed by atoms with Gasteiger partial charge in [-0.3, -0.25) is 4.79 Å². The molecule has 0 aromatic carbocycles. The van der Waals surface area contributed by atoms with Crippen LogP contribution in [0.2, 0.25) is 0 Å². The minimum absolute atomic E-state index is 0.00916. The van der Waals surface area contributed by atoms with Gasteiger partial charge in [-0.25, -0.2) is 4.79 Å². The monoisotopic (exact) mass is 257 g/mol. The van der Waals surface area contributed by atoms with Gasteiger partial charge in [0.15, 0.2) is 0 Å². The number of amides is 1. The molecule has 2 atom stereocenters. The Kier molecular flexibility index (Phi) is 4.24. The molecule has 1 fully saturated rings. The van der Waals surface area contributed by atoms with Crippen LogP contribution in [-0.4, -0.2) is 40.3 Å². The fraction of sp³-hybridized carbons (Fsp3) is 0.846. The van der Waals surface area contributed by atoms with Gasteiger partial charge in [-0.05, 0) is 47.0 Å². The minimum atomic E-state index is -0.770. The van der Waals surface area contributed by atoms with E-state index in [0.717, 1.165) is 0 Å². The van der Waals surface area contributed by atoms with Gasteiger partial charge in [-0.2, -0.15) is 0 Å². The molecule has 104 valence electrons. The number of carbonyl (C=O) groups is 2. The summed E-state index contributed by atoms with van der Waals surface area (Å²) in [6, 6.07) is 0.00916. The first-order valence-corrected chi connectivity index (χ1v) is 6.34. The maximum atomic E-state index is 12.0. The van der Waals surface area contributed by atoms with E-state index in [0.29, 0.717) is 13.0 Å². The van der Waals surface area contributed by atoms with E-state index < -0.39 is 11.6 Å². The highest BCUT2D eigenvalue weighted by Crippen LogP contribution is 2.39. The van der Waals surface area contributed by atoms with Gasteiger partial charge in [0.1, 0.15) is 5.60 Å². The molecule has 5 nitrogen and oxygen atoms in total.